The lowest BCUT2D eigenvalue weighted by atomic mass is 10.1. The minimum atomic E-state index is 0.598. The van der Waals surface area contributed by atoms with Crippen molar-refractivity contribution < 1.29 is 0 Å². The highest BCUT2D eigenvalue weighted by molar-refractivity contribution is 5.65. The van der Waals surface area contributed by atoms with Crippen molar-refractivity contribution in [2.75, 3.05) is 37.8 Å². The molecular formula is C19H27N5. The van der Waals surface area contributed by atoms with Gasteiger partial charge >= 0.3 is 0 Å². The van der Waals surface area contributed by atoms with Crippen LogP contribution in [0.4, 0.5) is 17.5 Å². The van der Waals surface area contributed by atoms with E-state index in [1.807, 2.05) is 0 Å². The van der Waals surface area contributed by atoms with Crippen molar-refractivity contribution in [2.24, 2.45) is 0 Å². The Bertz CT molecular complexity index is 687. The van der Waals surface area contributed by atoms with Crippen molar-refractivity contribution in [3.8, 4) is 0 Å². The monoisotopic (exact) mass is 325 g/mol. The lowest BCUT2D eigenvalue weighted by molar-refractivity contribution is 0.425. The molecule has 128 valence electrons. The molecule has 0 radical (unpaired) electrons. The fourth-order valence-electron chi connectivity index (χ4n) is 2.73. The Balaban J connectivity index is 1.82. The van der Waals surface area contributed by atoms with E-state index in [0.717, 1.165) is 36.2 Å². The van der Waals surface area contributed by atoms with Crippen molar-refractivity contribution >= 4 is 17.5 Å². The highest BCUT2D eigenvalue weighted by atomic mass is 15.2. The number of nitrogens with one attached hydrogen (secondary N) is 2. The normalized spacial score (nSPS) is 14.0. The van der Waals surface area contributed by atoms with Gasteiger partial charge in [0.2, 0.25) is 5.95 Å². The molecule has 1 aromatic carbocycles. The molecule has 0 saturated heterocycles. The molecule has 5 nitrogen and oxygen atoms in total. The molecular weight excluding hydrogens is 298 g/mol. The molecule has 0 unspecified atom stereocenters. The summed E-state index contributed by atoms with van der Waals surface area (Å²) in [7, 11) is 4.13. The number of hydrogen-bond acceptors (Lipinski definition) is 5. The van der Waals surface area contributed by atoms with E-state index in [2.05, 4.69) is 72.7 Å². The number of aromatic nitrogens is 2. The minimum Gasteiger partial charge on any atom is -0.353 e. The summed E-state index contributed by atoms with van der Waals surface area (Å²) in [6.45, 7) is 6.03. The second-order valence-corrected chi connectivity index (χ2v) is 6.90. The van der Waals surface area contributed by atoms with Gasteiger partial charge in [-0.2, -0.15) is 4.98 Å². The topological polar surface area (TPSA) is 53.1 Å². The van der Waals surface area contributed by atoms with E-state index < -0.39 is 0 Å². The number of benzene rings is 1. The van der Waals surface area contributed by atoms with Gasteiger partial charge in [0.05, 0.1) is 5.69 Å². The van der Waals surface area contributed by atoms with Crippen molar-refractivity contribution in [3.63, 3.8) is 0 Å². The fraction of sp³-hybridized carbons (Fsp3) is 0.474. The van der Waals surface area contributed by atoms with Crippen molar-refractivity contribution in [1.29, 1.82) is 0 Å². The molecule has 2 aromatic rings. The maximum absolute atomic E-state index is 4.70. The largest absolute Gasteiger partial charge is 0.353 e. The molecule has 1 aromatic heterocycles. The van der Waals surface area contributed by atoms with Crippen molar-refractivity contribution in [1.82, 2.24) is 14.9 Å². The molecule has 0 aliphatic heterocycles. The first kappa shape index (κ1) is 16.7. The van der Waals surface area contributed by atoms with Crippen LogP contribution in [0.25, 0.3) is 0 Å². The fourth-order valence-corrected chi connectivity index (χ4v) is 2.73. The van der Waals surface area contributed by atoms with Gasteiger partial charge in [-0.3, -0.25) is 0 Å². The van der Waals surface area contributed by atoms with Crippen LogP contribution < -0.4 is 10.6 Å². The first-order chi connectivity index (χ1) is 11.5. The number of rotatable bonds is 7. The van der Waals surface area contributed by atoms with Crippen LogP contribution in [0.15, 0.2) is 24.3 Å². The molecule has 5 heteroatoms. The molecule has 1 saturated carbocycles. The average molecular weight is 325 g/mol. The zero-order chi connectivity index (χ0) is 17.1. The quantitative estimate of drug-likeness (QED) is 0.813. The molecule has 1 heterocycles. The average Bonchev–Trinajstić information content (AvgIpc) is 3.35. The van der Waals surface area contributed by atoms with Crippen LogP contribution in [0.3, 0.4) is 0 Å². The van der Waals surface area contributed by atoms with Gasteiger partial charge in [0.25, 0.3) is 0 Å². The Hall–Kier alpha value is -2.14. The Morgan fingerprint density at radius 2 is 1.83 bits per heavy atom. The molecule has 0 bridgehead atoms. The zero-order valence-electron chi connectivity index (χ0n) is 15.1. The summed E-state index contributed by atoms with van der Waals surface area (Å²) >= 11 is 0. The maximum atomic E-state index is 4.70. The second kappa shape index (κ2) is 7.18. The molecule has 0 spiro atoms. The number of anilines is 3. The molecule has 0 amide bonds. The summed E-state index contributed by atoms with van der Waals surface area (Å²) in [5.41, 5.74) is 4.73. The van der Waals surface area contributed by atoms with E-state index in [4.69, 9.17) is 4.98 Å². The van der Waals surface area contributed by atoms with Crippen LogP contribution >= 0.6 is 0 Å². The Kier molecular flexibility index (Phi) is 5.00. The van der Waals surface area contributed by atoms with Gasteiger partial charge in [0.15, 0.2) is 0 Å². The number of para-hydroxylation sites is 1. The third-order valence-electron chi connectivity index (χ3n) is 4.32. The summed E-state index contributed by atoms with van der Waals surface area (Å²) in [4.78, 5) is 11.5. The Morgan fingerprint density at radius 1 is 1.12 bits per heavy atom. The van der Waals surface area contributed by atoms with E-state index in [1.54, 1.807) is 0 Å². The zero-order valence-corrected chi connectivity index (χ0v) is 15.1. The first-order valence-corrected chi connectivity index (χ1v) is 8.64. The van der Waals surface area contributed by atoms with E-state index in [0.29, 0.717) is 5.92 Å². The predicted molar refractivity (Wildman–Crippen MR) is 100 cm³/mol. The molecule has 2 N–H and O–H groups in total. The maximum Gasteiger partial charge on any atom is 0.224 e. The van der Waals surface area contributed by atoms with E-state index in [9.17, 15) is 0 Å². The number of aryl methyl sites for hydroxylation is 2. The highest BCUT2D eigenvalue weighted by Crippen LogP contribution is 2.40. The lowest BCUT2D eigenvalue weighted by Gasteiger charge is -2.15. The van der Waals surface area contributed by atoms with Crippen LogP contribution in [0, 0.1) is 13.8 Å². The Labute approximate surface area is 144 Å². The number of nitrogens with zero attached hydrogens (tertiary/aromatic N) is 3. The summed E-state index contributed by atoms with van der Waals surface area (Å²) in [6, 6.07) is 8.42. The summed E-state index contributed by atoms with van der Waals surface area (Å²) in [6.07, 6.45) is 2.47. The summed E-state index contributed by atoms with van der Waals surface area (Å²) < 4.78 is 0. The van der Waals surface area contributed by atoms with Gasteiger partial charge in [0.1, 0.15) is 5.82 Å². The third kappa shape index (κ3) is 4.23. The highest BCUT2D eigenvalue weighted by Gasteiger charge is 2.26. The molecule has 1 fully saturated rings. The minimum absolute atomic E-state index is 0.598. The molecule has 3 rings (SSSR count). The number of hydrogen-bond donors (Lipinski definition) is 2. The van der Waals surface area contributed by atoms with E-state index in [1.165, 1.54) is 24.0 Å². The van der Waals surface area contributed by atoms with Gasteiger partial charge < -0.3 is 15.5 Å². The molecule has 1 aliphatic rings. The molecule has 24 heavy (non-hydrogen) atoms. The third-order valence-corrected chi connectivity index (χ3v) is 4.32. The summed E-state index contributed by atoms with van der Waals surface area (Å²) in [5, 5.41) is 6.85. The molecule has 1 aliphatic carbocycles. The van der Waals surface area contributed by atoms with Gasteiger partial charge in [-0.1, -0.05) is 18.2 Å². The predicted octanol–water partition coefficient (Wildman–Crippen LogP) is 3.69. The molecule has 0 atom stereocenters. The van der Waals surface area contributed by atoms with E-state index >= 15 is 0 Å². The Morgan fingerprint density at radius 3 is 2.46 bits per heavy atom. The van der Waals surface area contributed by atoms with Gasteiger partial charge in [0, 0.05) is 30.8 Å². The first-order valence-electron chi connectivity index (χ1n) is 8.64. The van der Waals surface area contributed by atoms with Gasteiger partial charge in [-0.25, -0.2) is 4.98 Å². The van der Waals surface area contributed by atoms with Crippen LogP contribution in [-0.2, 0) is 0 Å². The smallest absolute Gasteiger partial charge is 0.224 e. The van der Waals surface area contributed by atoms with Crippen molar-refractivity contribution in [2.45, 2.75) is 32.6 Å². The van der Waals surface area contributed by atoms with Crippen LogP contribution in [0.2, 0.25) is 0 Å². The van der Waals surface area contributed by atoms with Crippen LogP contribution in [0.5, 0.6) is 0 Å². The summed E-state index contributed by atoms with van der Waals surface area (Å²) in [5.74, 6) is 2.19. The van der Waals surface area contributed by atoms with Gasteiger partial charge in [-0.15, -0.1) is 0 Å². The van der Waals surface area contributed by atoms with Crippen LogP contribution in [-0.4, -0.2) is 42.1 Å². The van der Waals surface area contributed by atoms with E-state index in [-0.39, 0.29) is 0 Å². The number of likely N-dealkylation sites (N-methyl/N-ethyl adjacent to an activating group) is 1. The standard InChI is InChI=1S/C19H27N5/c1-13-6-5-7-14(2)18(13)22-17-12-16(15-8-9-15)21-19(23-17)20-10-11-24(3)4/h5-7,12,15H,8-11H2,1-4H3,(H2,20,21,22,23). The SMILES string of the molecule is Cc1cccc(C)c1Nc1cc(C2CC2)nc(NCCN(C)C)n1. The van der Waals surface area contributed by atoms with Gasteiger partial charge in [-0.05, 0) is 51.9 Å². The second-order valence-electron chi connectivity index (χ2n) is 6.90. The van der Waals surface area contributed by atoms with Crippen LogP contribution in [0.1, 0.15) is 35.6 Å². The van der Waals surface area contributed by atoms with Crippen molar-refractivity contribution in [3.05, 3.63) is 41.1 Å². The lowest BCUT2D eigenvalue weighted by Crippen LogP contribution is -2.21.